The van der Waals surface area contributed by atoms with Crippen molar-refractivity contribution in [3.63, 3.8) is 0 Å². The van der Waals surface area contributed by atoms with E-state index in [1.54, 1.807) is 4.90 Å². The van der Waals surface area contributed by atoms with Crippen molar-refractivity contribution in [1.82, 2.24) is 15.6 Å². The van der Waals surface area contributed by atoms with Crippen LogP contribution in [0.1, 0.15) is 16.2 Å². The molecule has 2 heterocycles. The molecule has 0 unspecified atom stereocenters. The quantitative estimate of drug-likeness (QED) is 0.803. The maximum absolute atomic E-state index is 12.9. The summed E-state index contributed by atoms with van der Waals surface area (Å²) in [6.45, 7) is 2.25. The summed E-state index contributed by atoms with van der Waals surface area (Å²) in [5, 5.41) is 5.82. The Hall–Kier alpha value is -1.67. The van der Waals surface area contributed by atoms with E-state index in [1.807, 2.05) is 14.1 Å². The molecule has 1 aromatic rings. The second kappa shape index (κ2) is 7.94. The number of aldehydes is 1. The summed E-state index contributed by atoms with van der Waals surface area (Å²) in [5.41, 5.74) is -1.16. The lowest BCUT2D eigenvalue weighted by atomic mass is 10.2. The molecule has 8 heteroatoms. The van der Waals surface area contributed by atoms with Crippen LogP contribution in [0, 0.1) is 0 Å². The molecule has 0 radical (unpaired) electrons. The molecule has 0 spiro atoms. The van der Waals surface area contributed by atoms with Gasteiger partial charge in [-0.25, -0.2) is 4.98 Å². The molecule has 118 valence electrons. The summed E-state index contributed by atoms with van der Waals surface area (Å²) in [4.78, 5) is 15.5. The van der Waals surface area contributed by atoms with Gasteiger partial charge in [0.05, 0.1) is 5.69 Å². The third-order valence-electron chi connectivity index (χ3n) is 2.74. The molecule has 5 nitrogen and oxygen atoms in total. The fraction of sp³-hybridized carbons (Fsp3) is 0.538. The first-order valence-electron chi connectivity index (χ1n) is 6.51. The number of anilines is 1. The van der Waals surface area contributed by atoms with Crippen LogP contribution >= 0.6 is 0 Å². The molecule has 2 N–H and O–H groups in total. The summed E-state index contributed by atoms with van der Waals surface area (Å²) in [6, 6.07) is 2.62. The van der Waals surface area contributed by atoms with Gasteiger partial charge in [-0.3, -0.25) is 4.79 Å². The molecule has 1 fully saturated rings. The highest BCUT2D eigenvalue weighted by atomic mass is 19.4. The van der Waals surface area contributed by atoms with Crippen molar-refractivity contribution >= 4 is 12.0 Å². The number of alkyl halides is 3. The van der Waals surface area contributed by atoms with Gasteiger partial charge in [-0.15, -0.1) is 0 Å². The number of nitrogens with zero attached hydrogens (tertiary/aromatic N) is 2. The predicted octanol–water partition coefficient (Wildman–Crippen LogP) is 1.16. The molecule has 0 atom stereocenters. The molecule has 0 saturated carbocycles. The molecular weight excluding hydrogens is 285 g/mol. The molecule has 1 aliphatic rings. The minimum atomic E-state index is -4.56. The second-order valence-electron chi connectivity index (χ2n) is 4.46. The van der Waals surface area contributed by atoms with Gasteiger partial charge in [0, 0.05) is 26.2 Å². The van der Waals surface area contributed by atoms with Crippen molar-refractivity contribution in [3.8, 4) is 0 Å². The summed E-state index contributed by atoms with van der Waals surface area (Å²) < 4.78 is 38.7. The molecule has 1 aliphatic heterocycles. The van der Waals surface area contributed by atoms with Crippen molar-refractivity contribution in [2.45, 2.75) is 6.18 Å². The van der Waals surface area contributed by atoms with Crippen molar-refractivity contribution in [1.29, 1.82) is 0 Å². The Morgan fingerprint density at radius 3 is 2.33 bits per heavy atom. The van der Waals surface area contributed by atoms with Gasteiger partial charge in [-0.1, -0.05) is 0 Å². The number of nitrogens with one attached hydrogen (secondary N) is 2. The molecule has 1 saturated heterocycles. The predicted molar refractivity (Wildman–Crippen MR) is 74.7 cm³/mol. The number of pyridine rings is 1. The smallest absolute Gasteiger partial charge is 0.367 e. The van der Waals surface area contributed by atoms with Crippen molar-refractivity contribution in [3.05, 3.63) is 23.5 Å². The Morgan fingerprint density at radius 1 is 1.29 bits per heavy atom. The molecule has 0 aromatic carbocycles. The number of carbonyl (C=O) groups is 1. The van der Waals surface area contributed by atoms with Crippen LogP contribution in [-0.2, 0) is 6.18 Å². The van der Waals surface area contributed by atoms with E-state index in [0.29, 0.717) is 32.5 Å². The zero-order chi connectivity index (χ0) is 15.9. The van der Waals surface area contributed by atoms with Gasteiger partial charge in [0.25, 0.3) is 0 Å². The molecule has 1 aromatic heterocycles. The number of rotatable bonds is 2. The first-order chi connectivity index (χ1) is 9.93. The Balaban J connectivity index is 0.000000677. The highest BCUT2D eigenvalue weighted by Crippen LogP contribution is 2.35. The zero-order valence-corrected chi connectivity index (χ0v) is 12.0. The molecule has 0 bridgehead atoms. The van der Waals surface area contributed by atoms with Gasteiger partial charge in [0.15, 0.2) is 12.0 Å². The monoisotopic (exact) mass is 304 g/mol. The topological polar surface area (TPSA) is 57.3 Å². The Kier molecular flexibility index (Phi) is 6.57. The van der Waals surface area contributed by atoms with Crippen LogP contribution in [-0.4, -0.2) is 51.5 Å². The first kappa shape index (κ1) is 17.4. The lowest BCUT2D eigenvalue weighted by molar-refractivity contribution is -0.140. The fourth-order valence-electron chi connectivity index (χ4n) is 1.90. The maximum Gasteiger partial charge on any atom is 0.435 e. The normalized spacial score (nSPS) is 15.2. The lowest BCUT2D eigenvalue weighted by Gasteiger charge is -2.31. The lowest BCUT2D eigenvalue weighted by Crippen LogP contribution is -2.44. The number of carbonyl (C=O) groups excluding carboxylic acids is 1. The minimum absolute atomic E-state index is 0.0367. The number of hydrogen-bond donors (Lipinski definition) is 2. The van der Waals surface area contributed by atoms with Crippen LogP contribution in [0.3, 0.4) is 0 Å². The number of halogens is 3. The van der Waals surface area contributed by atoms with E-state index in [9.17, 15) is 18.0 Å². The van der Waals surface area contributed by atoms with Gasteiger partial charge >= 0.3 is 6.18 Å². The number of hydrogen-bond acceptors (Lipinski definition) is 5. The Bertz CT molecular complexity index is 459. The standard InChI is InChI=1S/C11H12F3N3O.C2H7N/c12-11(13,14)10-9(2-1-8(7-18)16-10)17-5-3-15-4-6-17;1-3-2/h1-2,7,15H,3-6H2;3H,1-2H3. The van der Waals surface area contributed by atoms with E-state index in [0.717, 1.165) is 0 Å². The Labute approximate surface area is 121 Å². The van der Waals surface area contributed by atoms with E-state index in [1.165, 1.54) is 12.1 Å². The van der Waals surface area contributed by atoms with E-state index in [2.05, 4.69) is 15.6 Å². The van der Waals surface area contributed by atoms with Gasteiger partial charge in [-0.2, -0.15) is 13.2 Å². The molecule has 2 rings (SSSR count). The molecular formula is C13H19F3N4O. The van der Waals surface area contributed by atoms with Crippen molar-refractivity contribution < 1.29 is 18.0 Å². The fourth-order valence-corrected chi connectivity index (χ4v) is 1.90. The summed E-state index contributed by atoms with van der Waals surface area (Å²) in [7, 11) is 3.75. The highest BCUT2D eigenvalue weighted by Gasteiger charge is 2.37. The number of aromatic nitrogens is 1. The van der Waals surface area contributed by atoms with E-state index in [4.69, 9.17) is 0 Å². The van der Waals surface area contributed by atoms with Gasteiger partial charge < -0.3 is 15.5 Å². The van der Waals surface area contributed by atoms with Crippen LogP contribution in [0.2, 0.25) is 0 Å². The van der Waals surface area contributed by atoms with Crippen LogP contribution in [0.5, 0.6) is 0 Å². The van der Waals surface area contributed by atoms with Crippen LogP contribution in [0.4, 0.5) is 18.9 Å². The second-order valence-corrected chi connectivity index (χ2v) is 4.46. The molecule has 0 amide bonds. The zero-order valence-electron chi connectivity index (χ0n) is 12.0. The highest BCUT2D eigenvalue weighted by molar-refractivity contribution is 5.73. The number of piperazine rings is 1. The SMILES string of the molecule is CNC.O=Cc1ccc(N2CCNCC2)c(C(F)(F)F)n1. The summed E-state index contributed by atoms with van der Waals surface area (Å²) in [5.74, 6) is 0. The molecule has 0 aliphatic carbocycles. The summed E-state index contributed by atoms with van der Waals surface area (Å²) in [6.07, 6.45) is -4.24. The van der Waals surface area contributed by atoms with Gasteiger partial charge in [0.1, 0.15) is 5.69 Å². The largest absolute Gasteiger partial charge is 0.435 e. The van der Waals surface area contributed by atoms with E-state index < -0.39 is 11.9 Å². The first-order valence-corrected chi connectivity index (χ1v) is 6.51. The minimum Gasteiger partial charge on any atom is -0.367 e. The average molecular weight is 304 g/mol. The van der Waals surface area contributed by atoms with Crippen LogP contribution in [0.15, 0.2) is 12.1 Å². The van der Waals surface area contributed by atoms with E-state index >= 15 is 0 Å². The van der Waals surface area contributed by atoms with Crippen molar-refractivity contribution in [2.24, 2.45) is 0 Å². The van der Waals surface area contributed by atoms with E-state index in [-0.39, 0.29) is 11.4 Å². The third-order valence-corrected chi connectivity index (χ3v) is 2.74. The van der Waals surface area contributed by atoms with Crippen molar-refractivity contribution in [2.75, 3.05) is 45.2 Å². The molecule has 21 heavy (non-hydrogen) atoms. The van der Waals surface area contributed by atoms with Gasteiger partial charge in [-0.05, 0) is 26.2 Å². The maximum atomic E-state index is 12.9. The Morgan fingerprint density at radius 2 is 1.86 bits per heavy atom. The summed E-state index contributed by atoms with van der Waals surface area (Å²) >= 11 is 0. The third kappa shape index (κ3) is 4.98. The van der Waals surface area contributed by atoms with Crippen LogP contribution < -0.4 is 15.5 Å². The van der Waals surface area contributed by atoms with Crippen LogP contribution in [0.25, 0.3) is 0 Å². The average Bonchev–Trinajstić information content (AvgIpc) is 2.47. The van der Waals surface area contributed by atoms with Gasteiger partial charge in [0.2, 0.25) is 0 Å².